The van der Waals surface area contributed by atoms with Crippen molar-refractivity contribution in [3.05, 3.63) is 65.2 Å². The molecule has 1 heterocycles. The van der Waals surface area contributed by atoms with Crippen LogP contribution in [-0.2, 0) is 4.79 Å². The molecule has 0 unspecified atom stereocenters. The topological polar surface area (TPSA) is 80.3 Å². The quantitative estimate of drug-likeness (QED) is 0.439. The minimum Gasteiger partial charge on any atom is -0.494 e. The van der Waals surface area contributed by atoms with Gasteiger partial charge in [0.15, 0.2) is 0 Å². The molecule has 3 aromatic rings. The van der Waals surface area contributed by atoms with Crippen LogP contribution in [0.3, 0.4) is 0 Å². The van der Waals surface area contributed by atoms with Gasteiger partial charge in [-0.1, -0.05) is 30.3 Å². The molecule has 0 saturated carbocycles. The van der Waals surface area contributed by atoms with Gasteiger partial charge < -0.3 is 4.74 Å². The van der Waals surface area contributed by atoms with E-state index in [0.717, 1.165) is 21.2 Å². The van der Waals surface area contributed by atoms with Gasteiger partial charge in [0.1, 0.15) is 15.6 Å². The Bertz CT molecular complexity index is 973. The van der Waals surface area contributed by atoms with E-state index in [4.69, 9.17) is 4.74 Å². The molecular formula is C21H21N3O3S2. The summed E-state index contributed by atoms with van der Waals surface area (Å²) in [5, 5.41) is 0.769. The van der Waals surface area contributed by atoms with E-state index in [1.807, 2.05) is 61.5 Å². The second-order valence-corrected chi connectivity index (χ2v) is 8.04. The summed E-state index contributed by atoms with van der Waals surface area (Å²) < 4.78 is 5.39. The summed E-state index contributed by atoms with van der Waals surface area (Å²) in [6.45, 7) is 4.32. The van der Waals surface area contributed by atoms with Crippen molar-refractivity contribution in [1.82, 2.24) is 15.8 Å². The van der Waals surface area contributed by atoms with Crippen molar-refractivity contribution in [3.63, 3.8) is 0 Å². The van der Waals surface area contributed by atoms with Crippen LogP contribution in [0.25, 0.3) is 10.6 Å². The van der Waals surface area contributed by atoms with E-state index in [2.05, 4.69) is 15.8 Å². The fraction of sp³-hybridized carbons (Fsp3) is 0.190. The summed E-state index contributed by atoms with van der Waals surface area (Å²) in [5.74, 6) is 0.318. The summed E-state index contributed by atoms with van der Waals surface area (Å²) in [4.78, 5) is 30.3. The summed E-state index contributed by atoms with van der Waals surface area (Å²) in [5.41, 5.74) is 6.50. The molecule has 2 N–H and O–H groups in total. The second kappa shape index (κ2) is 10.1. The summed E-state index contributed by atoms with van der Waals surface area (Å²) in [6.07, 6.45) is 0. The highest BCUT2D eigenvalue weighted by molar-refractivity contribution is 8.00. The number of carbonyl (C=O) groups is 2. The van der Waals surface area contributed by atoms with Crippen LogP contribution in [0.5, 0.6) is 5.75 Å². The van der Waals surface area contributed by atoms with Gasteiger partial charge >= 0.3 is 0 Å². The van der Waals surface area contributed by atoms with Crippen molar-refractivity contribution in [1.29, 1.82) is 0 Å². The number of hydrogen-bond acceptors (Lipinski definition) is 6. The monoisotopic (exact) mass is 427 g/mol. The lowest BCUT2D eigenvalue weighted by Gasteiger charge is -2.07. The van der Waals surface area contributed by atoms with E-state index in [0.29, 0.717) is 17.2 Å². The molecule has 150 valence electrons. The van der Waals surface area contributed by atoms with Gasteiger partial charge in [-0.15, -0.1) is 23.1 Å². The first-order chi connectivity index (χ1) is 14.1. The van der Waals surface area contributed by atoms with Crippen LogP contribution in [0.4, 0.5) is 0 Å². The summed E-state index contributed by atoms with van der Waals surface area (Å²) in [6, 6.07) is 17.2. The Hall–Kier alpha value is -2.84. The number of carbonyl (C=O) groups excluding carboxylic acids is 2. The van der Waals surface area contributed by atoms with Crippen molar-refractivity contribution in [3.8, 4) is 16.3 Å². The average Bonchev–Trinajstić information content (AvgIpc) is 3.14. The zero-order chi connectivity index (χ0) is 20.6. The first-order valence-corrected chi connectivity index (χ1v) is 10.8. The number of hydrogen-bond donors (Lipinski definition) is 2. The Morgan fingerprint density at radius 3 is 2.48 bits per heavy atom. The summed E-state index contributed by atoms with van der Waals surface area (Å²) in [7, 11) is 0. The molecule has 8 heteroatoms. The van der Waals surface area contributed by atoms with E-state index in [1.54, 1.807) is 6.92 Å². The number of nitrogens with zero attached hydrogens (tertiary/aromatic N) is 1. The molecule has 1 aromatic heterocycles. The smallest absolute Gasteiger partial charge is 0.281 e. The lowest BCUT2D eigenvalue weighted by Crippen LogP contribution is -2.42. The average molecular weight is 428 g/mol. The molecule has 0 spiro atoms. The second-order valence-electron chi connectivity index (χ2n) is 5.99. The van der Waals surface area contributed by atoms with Crippen LogP contribution in [-0.4, -0.2) is 29.2 Å². The molecule has 0 bridgehead atoms. The van der Waals surface area contributed by atoms with Crippen molar-refractivity contribution in [2.45, 2.75) is 18.7 Å². The number of amides is 2. The van der Waals surface area contributed by atoms with Crippen LogP contribution in [0.1, 0.15) is 22.3 Å². The Balaban J connectivity index is 1.50. The predicted molar refractivity (Wildman–Crippen MR) is 116 cm³/mol. The van der Waals surface area contributed by atoms with E-state index < -0.39 is 0 Å². The highest BCUT2D eigenvalue weighted by Crippen LogP contribution is 2.27. The first kappa shape index (κ1) is 20.9. The molecule has 0 fully saturated rings. The SMILES string of the molecule is CCOc1ccc(SCC(=O)NNC(=O)c2sc(-c3ccccc3)nc2C)cc1. The van der Waals surface area contributed by atoms with Crippen LogP contribution in [0.15, 0.2) is 59.5 Å². The van der Waals surface area contributed by atoms with Gasteiger partial charge in [0.05, 0.1) is 18.1 Å². The van der Waals surface area contributed by atoms with E-state index >= 15 is 0 Å². The maximum atomic E-state index is 12.4. The maximum Gasteiger partial charge on any atom is 0.281 e. The fourth-order valence-corrected chi connectivity index (χ4v) is 4.14. The number of aromatic nitrogens is 1. The number of benzene rings is 2. The van der Waals surface area contributed by atoms with Crippen molar-refractivity contribution in [2.24, 2.45) is 0 Å². The maximum absolute atomic E-state index is 12.4. The van der Waals surface area contributed by atoms with Crippen molar-refractivity contribution >= 4 is 34.9 Å². The van der Waals surface area contributed by atoms with Crippen molar-refractivity contribution < 1.29 is 14.3 Å². The van der Waals surface area contributed by atoms with Crippen LogP contribution in [0.2, 0.25) is 0 Å². The molecule has 2 aromatic carbocycles. The number of aryl methyl sites for hydroxylation is 1. The normalized spacial score (nSPS) is 10.4. The predicted octanol–water partition coefficient (Wildman–Crippen LogP) is 4.07. The number of nitrogens with one attached hydrogen (secondary N) is 2. The minimum atomic E-state index is -0.374. The van der Waals surface area contributed by atoms with Gasteiger partial charge in [-0.3, -0.25) is 20.4 Å². The Kier molecular flexibility index (Phi) is 7.26. The lowest BCUT2D eigenvalue weighted by atomic mass is 10.2. The highest BCUT2D eigenvalue weighted by atomic mass is 32.2. The molecule has 0 aliphatic carbocycles. The van der Waals surface area contributed by atoms with Gasteiger partial charge in [0.2, 0.25) is 5.91 Å². The summed E-state index contributed by atoms with van der Waals surface area (Å²) >= 11 is 2.68. The minimum absolute atomic E-state index is 0.186. The molecule has 0 aliphatic heterocycles. The van der Waals surface area contributed by atoms with Gasteiger partial charge in [-0.05, 0) is 38.1 Å². The molecule has 0 aliphatic rings. The lowest BCUT2D eigenvalue weighted by molar-refractivity contribution is -0.119. The standard InChI is InChI=1S/C21H21N3O3S2/c1-3-27-16-9-11-17(12-10-16)28-13-18(25)23-24-20(26)19-14(2)22-21(29-19)15-7-5-4-6-8-15/h4-12H,3,13H2,1-2H3,(H,23,25)(H,24,26). The molecule has 0 atom stereocenters. The number of hydrazine groups is 1. The van der Waals surface area contributed by atoms with Crippen LogP contribution in [0, 0.1) is 6.92 Å². The van der Waals surface area contributed by atoms with Crippen molar-refractivity contribution in [2.75, 3.05) is 12.4 Å². The molecule has 6 nitrogen and oxygen atoms in total. The van der Waals surface area contributed by atoms with Gasteiger partial charge in [-0.25, -0.2) is 4.98 Å². The fourth-order valence-electron chi connectivity index (χ4n) is 2.48. The van der Waals surface area contributed by atoms with E-state index in [1.165, 1.54) is 23.1 Å². The van der Waals surface area contributed by atoms with E-state index in [9.17, 15) is 9.59 Å². The third kappa shape index (κ3) is 5.82. The number of rotatable bonds is 7. The highest BCUT2D eigenvalue weighted by Gasteiger charge is 2.16. The molecule has 2 amide bonds. The zero-order valence-corrected chi connectivity index (χ0v) is 17.7. The third-order valence-corrected chi connectivity index (χ3v) is 6.06. The zero-order valence-electron chi connectivity index (χ0n) is 16.1. The largest absolute Gasteiger partial charge is 0.494 e. The molecule has 0 saturated heterocycles. The first-order valence-electron chi connectivity index (χ1n) is 9.04. The number of ether oxygens (including phenoxy) is 1. The molecule has 0 radical (unpaired) electrons. The number of thioether (sulfide) groups is 1. The van der Waals surface area contributed by atoms with Crippen LogP contribution >= 0.6 is 23.1 Å². The molecular weight excluding hydrogens is 406 g/mol. The number of thiazole rings is 1. The van der Waals surface area contributed by atoms with Gasteiger partial charge in [-0.2, -0.15) is 0 Å². The Morgan fingerprint density at radius 1 is 1.07 bits per heavy atom. The van der Waals surface area contributed by atoms with E-state index in [-0.39, 0.29) is 17.6 Å². The Morgan fingerprint density at radius 2 is 1.79 bits per heavy atom. The molecule has 3 rings (SSSR count). The van der Waals surface area contributed by atoms with Gasteiger partial charge in [0.25, 0.3) is 5.91 Å². The van der Waals surface area contributed by atoms with Crippen LogP contribution < -0.4 is 15.6 Å². The molecule has 29 heavy (non-hydrogen) atoms. The Labute approximate surface area is 177 Å². The third-order valence-electron chi connectivity index (χ3n) is 3.84. The van der Waals surface area contributed by atoms with Gasteiger partial charge in [0, 0.05) is 10.5 Å².